The van der Waals surface area contributed by atoms with E-state index in [1.807, 2.05) is 56.3 Å². The molecule has 42 heavy (non-hydrogen) atoms. The second-order valence-corrected chi connectivity index (χ2v) is 13.9. The Balaban J connectivity index is 1.56. The van der Waals surface area contributed by atoms with Gasteiger partial charge in [-0.2, -0.15) is 0 Å². The number of hydrogen-bond donors (Lipinski definition) is 1. The Morgan fingerprint density at radius 2 is 1.50 bits per heavy atom. The Hall–Kier alpha value is -3.67. The lowest BCUT2D eigenvalue weighted by molar-refractivity contribution is -0.120. The lowest BCUT2D eigenvalue weighted by atomic mass is 9.63. The van der Waals surface area contributed by atoms with Gasteiger partial charge < -0.3 is 15.0 Å². The lowest BCUT2D eigenvalue weighted by Crippen LogP contribution is -2.44. The van der Waals surface area contributed by atoms with Crippen LogP contribution in [0.2, 0.25) is 0 Å². The predicted molar refractivity (Wildman–Crippen MR) is 166 cm³/mol. The number of benzene rings is 2. The molecule has 0 radical (unpaired) electrons. The minimum absolute atomic E-state index is 0.0962. The molecule has 0 fully saturated rings. The van der Waals surface area contributed by atoms with Gasteiger partial charge in [0.15, 0.2) is 18.2 Å². The summed E-state index contributed by atoms with van der Waals surface area (Å²) in [6, 6.07) is 13.5. The van der Waals surface area contributed by atoms with Crippen LogP contribution < -0.4 is 10.1 Å². The van der Waals surface area contributed by atoms with Crippen LogP contribution in [0.25, 0.3) is 0 Å². The van der Waals surface area contributed by atoms with E-state index in [1.165, 1.54) is 0 Å². The van der Waals surface area contributed by atoms with Crippen molar-refractivity contribution < 1.29 is 19.1 Å². The molecular formula is C36H44N2O4. The van der Waals surface area contributed by atoms with Crippen LogP contribution >= 0.6 is 0 Å². The number of nitrogens with zero attached hydrogens (tertiary/aromatic N) is 1. The number of carbonyl (C=O) groups excluding carboxylic acids is 3. The van der Waals surface area contributed by atoms with Crippen molar-refractivity contribution >= 4 is 23.2 Å². The molecule has 2 aliphatic carbocycles. The van der Waals surface area contributed by atoms with Crippen molar-refractivity contribution in [3.63, 3.8) is 0 Å². The Labute approximate surface area is 250 Å². The summed E-state index contributed by atoms with van der Waals surface area (Å²) in [4.78, 5) is 43.3. The second-order valence-electron chi connectivity index (χ2n) is 13.9. The molecule has 2 aromatic rings. The molecule has 1 heterocycles. The summed E-state index contributed by atoms with van der Waals surface area (Å²) in [7, 11) is 0. The maximum atomic E-state index is 14.0. The first-order chi connectivity index (χ1) is 19.8. The van der Waals surface area contributed by atoms with E-state index in [4.69, 9.17) is 4.74 Å². The molecule has 1 N–H and O–H groups in total. The molecule has 0 saturated carbocycles. The number of ether oxygens (including phenoxy) is 1. The Morgan fingerprint density at radius 3 is 2.07 bits per heavy atom. The SMILES string of the molecule is CCCN1C2=C(C(=O)CC(C)(C)C2)C(c2ccccc2OCC(=O)Nc2ccc(C)cc2C)C2=C1CC(C)(C)CC2=O. The number of rotatable bonds is 7. The molecular weight excluding hydrogens is 524 g/mol. The summed E-state index contributed by atoms with van der Waals surface area (Å²) in [6.45, 7) is 15.3. The number of para-hydroxylation sites is 1. The van der Waals surface area contributed by atoms with Crippen molar-refractivity contribution in [2.75, 3.05) is 18.5 Å². The first-order valence-corrected chi connectivity index (χ1v) is 15.2. The molecule has 0 spiro atoms. The Kier molecular flexibility index (Phi) is 7.95. The van der Waals surface area contributed by atoms with Crippen molar-refractivity contribution in [3.8, 4) is 5.75 Å². The van der Waals surface area contributed by atoms with Crippen LogP contribution in [0.5, 0.6) is 5.75 Å². The summed E-state index contributed by atoms with van der Waals surface area (Å²) in [5.74, 6) is -0.0525. The molecule has 0 saturated heterocycles. The third-order valence-electron chi connectivity index (χ3n) is 8.71. The van der Waals surface area contributed by atoms with Crippen LogP contribution in [0.1, 0.15) is 89.3 Å². The zero-order valence-electron chi connectivity index (χ0n) is 26.1. The number of nitrogens with one attached hydrogen (secondary N) is 1. The van der Waals surface area contributed by atoms with Gasteiger partial charge in [0.25, 0.3) is 5.91 Å². The highest BCUT2D eigenvalue weighted by molar-refractivity contribution is 6.07. The Morgan fingerprint density at radius 1 is 0.905 bits per heavy atom. The van der Waals surface area contributed by atoms with Crippen LogP contribution in [0.4, 0.5) is 5.69 Å². The quantitative estimate of drug-likeness (QED) is 0.376. The number of carbonyl (C=O) groups is 3. The third-order valence-corrected chi connectivity index (χ3v) is 8.71. The fourth-order valence-corrected chi connectivity index (χ4v) is 6.99. The zero-order valence-corrected chi connectivity index (χ0v) is 26.1. The van der Waals surface area contributed by atoms with E-state index in [1.54, 1.807) is 0 Å². The van der Waals surface area contributed by atoms with E-state index in [9.17, 15) is 14.4 Å². The molecule has 222 valence electrons. The molecule has 3 aliphatic rings. The predicted octanol–water partition coefficient (Wildman–Crippen LogP) is 7.42. The summed E-state index contributed by atoms with van der Waals surface area (Å²) >= 11 is 0. The van der Waals surface area contributed by atoms with Crippen molar-refractivity contribution in [3.05, 3.63) is 81.7 Å². The molecule has 6 heteroatoms. The number of hydrogen-bond acceptors (Lipinski definition) is 5. The summed E-state index contributed by atoms with van der Waals surface area (Å²) in [5, 5.41) is 2.95. The van der Waals surface area contributed by atoms with Crippen LogP contribution in [0.15, 0.2) is 65.0 Å². The summed E-state index contributed by atoms with van der Waals surface area (Å²) < 4.78 is 6.18. The smallest absolute Gasteiger partial charge is 0.262 e. The van der Waals surface area contributed by atoms with E-state index in [0.717, 1.165) is 70.7 Å². The molecule has 0 atom stereocenters. The molecule has 1 aliphatic heterocycles. The molecule has 0 unspecified atom stereocenters. The van der Waals surface area contributed by atoms with Gasteiger partial charge in [-0.25, -0.2) is 0 Å². The number of aryl methyl sites for hydroxylation is 2. The van der Waals surface area contributed by atoms with Crippen molar-refractivity contribution in [1.29, 1.82) is 0 Å². The molecule has 5 rings (SSSR count). The largest absolute Gasteiger partial charge is 0.483 e. The number of ketones is 2. The van der Waals surface area contributed by atoms with Gasteiger partial charge in [0, 0.05) is 59.1 Å². The monoisotopic (exact) mass is 568 g/mol. The van der Waals surface area contributed by atoms with Gasteiger partial charge in [-0.05, 0) is 61.6 Å². The van der Waals surface area contributed by atoms with Gasteiger partial charge in [-0.15, -0.1) is 0 Å². The van der Waals surface area contributed by atoms with E-state index in [0.29, 0.717) is 18.6 Å². The van der Waals surface area contributed by atoms with Gasteiger partial charge in [-0.3, -0.25) is 14.4 Å². The van der Waals surface area contributed by atoms with Gasteiger partial charge in [0.05, 0.1) is 0 Å². The number of amides is 1. The number of Topliss-reactive ketones (excluding diaryl/α,β-unsaturated/α-hetero) is 2. The van der Waals surface area contributed by atoms with Crippen LogP contribution in [-0.2, 0) is 14.4 Å². The van der Waals surface area contributed by atoms with E-state index in [-0.39, 0.29) is 34.9 Å². The molecule has 2 aromatic carbocycles. The average molecular weight is 569 g/mol. The Bertz CT molecular complexity index is 1460. The third kappa shape index (κ3) is 5.81. The van der Waals surface area contributed by atoms with Crippen LogP contribution in [-0.4, -0.2) is 35.5 Å². The normalized spacial score (nSPS) is 19.9. The lowest BCUT2D eigenvalue weighted by Gasteiger charge is -2.49. The molecule has 6 nitrogen and oxygen atoms in total. The standard InChI is InChI=1S/C36H44N2O4/c1-8-15-38-26-17-35(4,5)19-28(39)33(26)32(34-27(38)18-36(6,7)20-29(34)40)24-11-9-10-12-30(24)42-21-31(41)37-25-14-13-22(2)16-23(25)3/h9-14,16,32H,8,15,17-21H2,1-7H3,(H,37,41). The van der Waals surface area contributed by atoms with Gasteiger partial charge in [-0.1, -0.05) is 70.5 Å². The highest BCUT2D eigenvalue weighted by Gasteiger charge is 2.49. The van der Waals surface area contributed by atoms with Crippen molar-refractivity contribution in [2.24, 2.45) is 10.8 Å². The van der Waals surface area contributed by atoms with Gasteiger partial charge in [0.1, 0.15) is 5.75 Å². The van der Waals surface area contributed by atoms with Crippen molar-refractivity contribution in [2.45, 2.75) is 86.5 Å². The van der Waals surface area contributed by atoms with Crippen LogP contribution in [0.3, 0.4) is 0 Å². The first-order valence-electron chi connectivity index (χ1n) is 15.2. The fourth-order valence-electron chi connectivity index (χ4n) is 6.99. The zero-order chi connectivity index (χ0) is 30.4. The average Bonchev–Trinajstić information content (AvgIpc) is 2.89. The maximum absolute atomic E-state index is 14.0. The molecule has 0 aromatic heterocycles. The fraction of sp³-hybridized carbons (Fsp3) is 0.472. The van der Waals surface area contributed by atoms with E-state index >= 15 is 0 Å². The summed E-state index contributed by atoms with van der Waals surface area (Å²) in [6.07, 6.45) is 3.34. The van der Waals surface area contributed by atoms with Gasteiger partial charge >= 0.3 is 0 Å². The minimum atomic E-state index is -0.506. The number of anilines is 1. The molecule has 0 bridgehead atoms. The highest BCUT2D eigenvalue weighted by atomic mass is 16.5. The topological polar surface area (TPSA) is 75.7 Å². The van der Waals surface area contributed by atoms with Crippen molar-refractivity contribution in [1.82, 2.24) is 4.90 Å². The highest BCUT2D eigenvalue weighted by Crippen LogP contribution is 2.55. The second kappa shape index (κ2) is 11.2. The van der Waals surface area contributed by atoms with E-state index < -0.39 is 5.92 Å². The molecule has 1 amide bonds. The van der Waals surface area contributed by atoms with Gasteiger partial charge in [0.2, 0.25) is 0 Å². The minimum Gasteiger partial charge on any atom is -0.483 e. The summed E-state index contributed by atoms with van der Waals surface area (Å²) in [5.41, 5.74) is 6.86. The maximum Gasteiger partial charge on any atom is 0.262 e. The van der Waals surface area contributed by atoms with Crippen LogP contribution in [0, 0.1) is 24.7 Å². The number of allylic oxidation sites excluding steroid dienone is 4. The van der Waals surface area contributed by atoms with E-state index in [2.05, 4.69) is 44.8 Å². The first kappa shape index (κ1) is 29.8.